The van der Waals surface area contributed by atoms with Crippen molar-refractivity contribution in [3.63, 3.8) is 0 Å². The molecule has 1 amide bonds. The molecule has 0 fully saturated rings. The van der Waals surface area contributed by atoms with Crippen LogP contribution in [0.5, 0.6) is 0 Å². The molecule has 2 aromatic rings. The summed E-state index contributed by atoms with van der Waals surface area (Å²) in [6, 6.07) is 10.9. The van der Waals surface area contributed by atoms with Crippen molar-refractivity contribution in [1.82, 2.24) is 10.3 Å². The number of benzene rings is 1. The molecule has 2 rings (SSSR count). The Morgan fingerprint density at radius 3 is 2.71 bits per heavy atom. The van der Waals surface area contributed by atoms with Gasteiger partial charge in [-0.05, 0) is 23.3 Å². The average Bonchev–Trinajstić information content (AvgIpc) is 2.53. The molecule has 0 saturated heterocycles. The number of aliphatic hydroxyl groups is 1. The van der Waals surface area contributed by atoms with E-state index in [1.54, 1.807) is 18.3 Å². The van der Waals surface area contributed by atoms with Crippen molar-refractivity contribution in [2.45, 2.75) is 13.2 Å². The average molecular weight is 285 g/mol. The maximum atomic E-state index is 12.1. The van der Waals surface area contributed by atoms with Crippen molar-refractivity contribution in [2.75, 3.05) is 19.0 Å². The van der Waals surface area contributed by atoms with Crippen LogP contribution in [0.15, 0.2) is 42.6 Å². The second-order valence-corrected chi connectivity index (χ2v) is 4.96. The molecular weight excluding hydrogens is 266 g/mol. The van der Waals surface area contributed by atoms with Gasteiger partial charge in [-0.3, -0.25) is 4.79 Å². The molecule has 0 aliphatic carbocycles. The number of nitrogens with one attached hydrogen (secondary N) is 1. The predicted molar refractivity (Wildman–Crippen MR) is 82.1 cm³/mol. The van der Waals surface area contributed by atoms with E-state index in [4.69, 9.17) is 5.11 Å². The quantitative estimate of drug-likeness (QED) is 0.875. The zero-order valence-corrected chi connectivity index (χ0v) is 12.2. The van der Waals surface area contributed by atoms with Crippen LogP contribution in [0, 0.1) is 0 Å². The third-order valence-electron chi connectivity index (χ3n) is 3.09. The van der Waals surface area contributed by atoms with Crippen molar-refractivity contribution in [2.24, 2.45) is 0 Å². The van der Waals surface area contributed by atoms with Gasteiger partial charge < -0.3 is 15.3 Å². The van der Waals surface area contributed by atoms with E-state index in [9.17, 15) is 4.79 Å². The van der Waals surface area contributed by atoms with E-state index in [0.717, 1.165) is 16.9 Å². The van der Waals surface area contributed by atoms with Crippen molar-refractivity contribution >= 4 is 11.7 Å². The fourth-order valence-corrected chi connectivity index (χ4v) is 1.93. The molecule has 1 aromatic carbocycles. The van der Waals surface area contributed by atoms with Gasteiger partial charge in [-0.2, -0.15) is 0 Å². The van der Waals surface area contributed by atoms with Gasteiger partial charge in [0.2, 0.25) is 0 Å². The third kappa shape index (κ3) is 4.03. The van der Waals surface area contributed by atoms with E-state index < -0.39 is 0 Å². The first-order chi connectivity index (χ1) is 10.1. The Bertz CT molecular complexity index is 626. The van der Waals surface area contributed by atoms with Crippen LogP contribution < -0.4 is 10.2 Å². The summed E-state index contributed by atoms with van der Waals surface area (Å²) in [6.07, 6.45) is 1.62. The topological polar surface area (TPSA) is 65.5 Å². The number of aromatic nitrogens is 1. The van der Waals surface area contributed by atoms with E-state index in [-0.39, 0.29) is 12.5 Å². The van der Waals surface area contributed by atoms with Crippen molar-refractivity contribution in [3.8, 4) is 0 Å². The third-order valence-corrected chi connectivity index (χ3v) is 3.09. The molecule has 0 aliphatic heterocycles. The maximum Gasteiger partial charge on any atom is 0.251 e. The summed E-state index contributed by atoms with van der Waals surface area (Å²) in [7, 11) is 3.76. The fourth-order valence-electron chi connectivity index (χ4n) is 1.93. The van der Waals surface area contributed by atoms with Crippen LogP contribution in [-0.2, 0) is 13.2 Å². The predicted octanol–water partition coefficient (Wildman–Crippen LogP) is 1.57. The van der Waals surface area contributed by atoms with E-state index in [2.05, 4.69) is 10.3 Å². The Morgan fingerprint density at radius 1 is 1.24 bits per heavy atom. The van der Waals surface area contributed by atoms with E-state index in [1.165, 1.54) is 0 Å². The standard InChI is InChI=1S/C16H19N3O2/c1-19(2)15-9-14(6-7-17-15)16(21)18-10-12-4-3-5-13(8-12)11-20/h3-9,20H,10-11H2,1-2H3,(H,18,21). The number of pyridine rings is 1. The first kappa shape index (κ1) is 15.0. The van der Waals surface area contributed by atoms with E-state index in [1.807, 2.05) is 43.3 Å². The molecule has 0 saturated carbocycles. The Kier molecular flexibility index (Phi) is 4.90. The maximum absolute atomic E-state index is 12.1. The molecule has 0 atom stereocenters. The smallest absolute Gasteiger partial charge is 0.251 e. The molecule has 0 radical (unpaired) electrons. The lowest BCUT2D eigenvalue weighted by atomic mass is 10.1. The largest absolute Gasteiger partial charge is 0.392 e. The Hall–Kier alpha value is -2.40. The zero-order chi connectivity index (χ0) is 15.2. The highest BCUT2D eigenvalue weighted by atomic mass is 16.3. The monoisotopic (exact) mass is 285 g/mol. The van der Waals surface area contributed by atoms with Gasteiger partial charge in [0.25, 0.3) is 5.91 Å². The number of hydrogen-bond acceptors (Lipinski definition) is 4. The minimum atomic E-state index is -0.144. The normalized spacial score (nSPS) is 10.2. The number of amides is 1. The SMILES string of the molecule is CN(C)c1cc(C(=O)NCc2cccc(CO)c2)ccn1. The first-order valence-electron chi connectivity index (χ1n) is 6.70. The summed E-state index contributed by atoms with van der Waals surface area (Å²) >= 11 is 0. The molecule has 0 unspecified atom stereocenters. The van der Waals surface area contributed by atoms with Crippen molar-refractivity contribution in [1.29, 1.82) is 0 Å². The van der Waals surface area contributed by atoms with Crippen LogP contribution in [0.2, 0.25) is 0 Å². The number of rotatable bonds is 5. The number of hydrogen-bond donors (Lipinski definition) is 2. The fraction of sp³-hybridized carbons (Fsp3) is 0.250. The highest BCUT2D eigenvalue weighted by Gasteiger charge is 2.07. The molecule has 5 heteroatoms. The summed E-state index contributed by atoms with van der Waals surface area (Å²) in [4.78, 5) is 18.2. The Morgan fingerprint density at radius 2 is 2.00 bits per heavy atom. The summed E-state index contributed by atoms with van der Waals surface area (Å²) in [6.45, 7) is 0.421. The van der Waals surface area contributed by atoms with E-state index >= 15 is 0 Å². The molecule has 110 valence electrons. The number of nitrogens with zero attached hydrogens (tertiary/aromatic N) is 2. The van der Waals surface area contributed by atoms with Crippen LogP contribution in [0.1, 0.15) is 21.5 Å². The molecule has 21 heavy (non-hydrogen) atoms. The van der Waals surface area contributed by atoms with Crippen LogP contribution >= 0.6 is 0 Å². The van der Waals surface area contributed by atoms with Gasteiger partial charge in [-0.1, -0.05) is 24.3 Å². The minimum Gasteiger partial charge on any atom is -0.392 e. The number of aliphatic hydroxyl groups excluding tert-OH is 1. The zero-order valence-electron chi connectivity index (χ0n) is 12.2. The summed E-state index contributed by atoms with van der Waals surface area (Å²) in [5, 5.41) is 12.0. The lowest BCUT2D eigenvalue weighted by molar-refractivity contribution is 0.0951. The highest BCUT2D eigenvalue weighted by Crippen LogP contribution is 2.10. The van der Waals surface area contributed by atoms with Gasteiger partial charge in [0.05, 0.1) is 6.61 Å². The molecule has 2 N–H and O–H groups in total. The first-order valence-corrected chi connectivity index (χ1v) is 6.70. The van der Waals surface area contributed by atoms with Crippen LogP contribution in [0.3, 0.4) is 0 Å². The van der Waals surface area contributed by atoms with Gasteiger partial charge >= 0.3 is 0 Å². The minimum absolute atomic E-state index is 0.00165. The lowest BCUT2D eigenvalue weighted by Gasteiger charge is -2.12. The molecule has 1 heterocycles. The molecule has 1 aromatic heterocycles. The molecule has 0 bridgehead atoms. The summed E-state index contributed by atoms with van der Waals surface area (Å²) < 4.78 is 0. The Labute approximate surface area is 124 Å². The van der Waals surface area contributed by atoms with Crippen molar-refractivity contribution < 1.29 is 9.90 Å². The van der Waals surface area contributed by atoms with Gasteiger partial charge in [0.15, 0.2) is 0 Å². The van der Waals surface area contributed by atoms with E-state index in [0.29, 0.717) is 12.1 Å². The van der Waals surface area contributed by atoms with Gasteiger partial charge in [0, 0.05) is 32.4 Å². The number of carbonyl (C=O) groups is 1. The van der Waals surface area contributed by atoms with Crippen LogP contribution in [0.25, 0.3) is 0 Å². The van der Waals surface area contributed by atoms with Crippen LogP contribution in [0.4, 0.5) is 5.82 Å². The van der Waals surface area contributed by atoms with Gasteiger partial charge in [0.1, 0.15) is 5.82 Å². The number of carbonyl (C=O) groups excluding carboxylic acids is 1. The highest BCUT2D eigenvalue weighted by molar-refractivity contribution is 5.94. The second-order valence-electron chi connectivity index (χ2n) is 4.96. The molecule has 5 nitrogen and oxygen atoms in total. The summed E-state index contributed by atoms with van der Waals surface area (Å²) in [5.74, 6) is 0.597. The van der Waals surface area contributed by atoms with Crippen molar-refractivity contribution in [3.05, 3.63) is 59.3 Å². The summed E-state index contributed by atoms with van der Waals surface area (Å²) in [5.41, 5.74) is 2.37. The Balaban J connectivity index is 2.02. The number of anilines is 1. The molecule has 0 aliphatic rings. The molecular formula is C16H19N3O2. The second kappa shape index (κ2) is 6.85. The van der Waals surface area contributed by atoms with Gasteiger partial charge in [-0.25, -0.2) is 4.98 Å². The molecule has 0 spiro atoms. The van der Waals surface area contributed by atoms with Gasteiger partial charge in [-0.15, -0.1) is 0 Å². The van der Waals surface area contributed by atoms with Crippen LogP contribution in [-0.4, -0.2) is 30.1 Å². The lowest BCUT2D eigenvalue weighted by Crippen LogP contribution is -2.23.